The van der Waals surface area contributed by atoms with Crippen LogP contribution in [0.15, 0.2) is 45.4 Å². The Kier molecular flexibility index (Phi) is 5.20. The van der Waals surface area contributed by atoms with Gasteiger partial charge in [-0.3, -0.25) is 9.69 Å². The number of amides is 1. The summed E-state index contributed by atoms with van der Waals surface area (Å²) in [7, 11) is 0. The van der Waals surface area contributed by atoms with E-state index in [1.54, 1.807) is 18.4 Å². The van der Waals surface area contributed by atoms with Crippen molar-refractivity contribution in [3.05, 3.63) is 58.7 Å². The summed E-state index contributed by atoms with van der Waals surface area (Å²) in [6.45, 7) is 5.22. The molecule has 3 aromatic rings. The van der Waals surface area contributed by atoms with Crippen LogP contribution < -0.4 is 5.32 Å². The number of halogens is 1. The molecule has 1 saturated heterocycles. The van der Waals surface area contributed by atoms with Crippen molar-refractivity contribution >= 4 is 28.5 Å². The molecule has 142 valence electrons. The van der Waals surface area contributed by atoms with Gasteiger partial charge in [0, 0.05) is 35.6 Å². The molecule has 3 heterocycles. The maximum absolute atomic E-state index is 12.8. The van der Waals surface area contributed by atoms with Gasteiger partial charge in [0.2, 0.25) is 0 Å². The Morgan fingerprint density at radius 1 is 1.30 bits per heavy atom. The number of furan rings is 2. The highest BCUT2D eigenvalue weighted by Gasteiger charge is 2.26. The van der Waals surface area contributed by atoms with Gasteiger partial charge in [-0.25, -0.2) is 0 Å². The Morgan fingerprint density at radius 2 is 2.11 bits per heavy atom. The molecule has 0 bridgehead atoms. The Bertz CT molecular complexity index is 929. The third-order valence-electron chi connectivity index (χ3n) is 4.92. The molecule has 1 fully saturated rings. The van der Waals surface area contributed by atoms with E-state index in [1.807, 2.05) is 25.1 Å². The number of ether oxygens (including phenoxy) is 1. The van der Waals surface area contributed by atoms with Gasteiger partial charge < -0.3 is 18.9 Å². The summed E-state index contributed by atoms with van der Waals surface area (Å²) >= 11 is 6.06. The summed E-state index contributed by atoms with van der Waals surface area (Å²) in [5.41, 5.74) is 1.43. The second-order valence-corrected chi connectivity index (χ2v) is 7.02. The second kappa shape index (κ2) is 7.76. The van der Waals surface area contributed by atoms with E-state index >= 15 is 0 Å². The molecule has 1 N–H and O–H groups in total. The normalized spacial score (nSPS) is 16.5. The maximum atomic E-state index is 12.8. The molecule has 0 radical (unpaired) electrons. The van der Waals surface area contributed by atoms with Crippen molar-refractivity contribution in [2.24, 2.45) is 0 Å². The molecule has 1 atom stereocenters. The van der Waals surface area contributed by atoms with Gasteiger partial charge in [0.1, 0.15) is 11.3 Å². The molecule has 1 amide bonds. The average Bonchev–Trinajstić information content (AvgIpc) is 3.32. The zero-order valence-electron chi connectivity index (χ0n) is 15.0. The van der Waals surface area contributed by atoms with E-state index in [4.69, 9.17) is 25.2 Å². The van der Waals surface area contributed by atoms with Crippen LogP contribution in [-0.4, -0.2) is 43.7 Å². The minimum Gasteiger partial charge on any atom is -0.468 e. The second-order valence-electron chi connectivity index (χ2n) is 6.59. The summed E-state index contributed by atoms with van der Waals surface area (Å²) in [6.07, 6.45) is 1.65. The van der Waals surface area contributed by atoms with Gasteiger partial charge in [-0.05, 0) is 37.3 Å². The number of fused-ring (bicyclic) bond motifs is 1. The molecule has 0 saturated carbocycles. The summed E-state index contributed by atoms with van der Waals surface area (Å²) in [4.78, 5) is 15.0. The largest absolute Gasteiger partial charge is 0.468 e. The molecule has 0 unspecified atom stereocenters. The smallest absolute Gasteiger partial charge is 0.287 e. The van der Waals surface area contributed by atoms with E-state index in [2.05, 4.69) is 10.2 Å². The van der Waals surface area contributed by atoms with Crippen LogP contribution in [0.5, 0.6) is 0 Å². The monoisotopic (exact) mass is 388 g/mol. The first kappa shape index (κ1) is 18.1. The lowest BCUT2D eigenvalue weighted by Gasteiger charge is -2.33. The number of carbonyl (C=O) groups excluding carboxylic acids is 1. The lowest BCUT2D eigenvalue weighted by Crippen LogP contribution is -2.43. The predicted octanol–water partition coefficient (Wildman–Crippen LogP) is 3.79. The van der Waals surface area contributed by atoms with Gasteiger partial charge >= 0.3 is 0 Å². The molecular weight excluding hydrogens is 368 g/mol. The number of nitrogens with zero attached hydrogens (tertiary/aromatic N) is 1. The van der Waals surface area contributed by atoms with Crippen molar-refractivity contribution in [3.8, 4) is 0 Å². The van der Waals surface area contributed by atoms with Crippen LogP contribution in [-0.2, 0) is 4.74 Å². The third-order valence-corrected chi connectivity index (χ3v) is 5.15. The maximum Gasteiger partial charge on any atom is 0.287 e. The van der Waals surface area contributed by atoms with Crippen LogP contribution in [0.4, 0.5) is 0 Å². The number of nitrogens with one attached hydrogen (secondary N) is 1. The van der Waals surface area contributed by atoms with Crippen LogP contribution in [0.25, 0.3) is 11.0 Å². The zero-order chi connectivity index (χ0) is 18.8. The van der Waals surface area contributed by atoms with E-state index in [0.29, 0.717) is 36.1 Å². The quantitative estimate of drug-likeness (QED) is 0.720. The molecule has 2 aromatic heterocycles. The topological polar surface area (TPSA) is 67.9 Å². The molecular formula is C20H21ClN2O4. The van der Waals surface area contributed by atoms with Crippen LogP contribution >= 0.6 is 11.6 Å². The lowest BCUT2D eigenvalue weighted by molar-refractivity contribution is 0.0117. The van der Waals surface area contributed by atoms with E-state index in [-0.39, 0.29) is 11.9 Å². The molecule has 0 spiro atoms. The molecule has 1 aromatic carbocycles. The van der Waals surface area contributed by atoms with Crippen molar-refractivity contribution in [3.63, 3.8) is 0 Å². The first-order valence-electron chi connectivity index (χ1n) is 8.95. The zero-order valence-corrected chi connectivity index (χ0v) is 15.8. The summed E-state index contributed by atoms with van der Waals surface area (Å²) < 4.78 is 16.8. The average molecular weight is 389 g/mol. The highest BCUT2D eigenvalue weighted by atomic mass is 35.5. The number of hydrogen-bond donors (Lipinski definition) is 1. The first-order valence-corrected chi connectivity index (χ1v) is 9.33. The van der Waals surface area contributed by atoms with Gasteiger partial charge in [0.15, 0.2) is 5.76 Å². The highest BCUT2D eigenvalue weighted by molar-refractivity contribution is 6.31. The first-order chi connectivity index (χ1) is 13.1. The van der Waals surface area contributed by atoms with Crippen LogP contribution in [0.3, 0.4) is 0 Å². The SMILES string of the molecule is Cc1c(C(=O)NC[C@@H](c2ccco2)N2CCOCC2)oc2ccc(Cl)cc12. The fraction of sp³-hybridized carbons (Fsp3) is 0.350. The number of benzene rings is 1. The van der Waals surface area contributed by atoms with Gasteiger partial charge in [-0.1, -0.05) is 11.6 Å². The predicted molar refractivity (Wildman–Crippen MR) is 102 cm³/mol. The minimum absolute atomic E-state index is 0.0491. The molecule has 1 aliphatic rings. The minimum atomic E-state index is -0.246. The third kappa shape index (κ3) is 3.74. The highest BCUT2D eigenvalue weighted by Crippen LogP contribution is 2.28. The number of rotatable bonds is 5. The van der Waals surface area contributed by atoms with Crippen LogP contribution in [0, 0.1) is 6.92 Å². The molecule has 4 rings (SSSR count). The van der Waals surface area contributed by atoms with Gasteiger partial charge in [-0.15, -0.1) is 0 Å². The van der Waals surface area contributed by atoms with E-state index < -0.39 is 0 Å². The van der Waals surface area contributed by atoms with Gasteiger partial charge in [-0.2, -0.15) is 0 Å². The van der Waals surface area contributed by atoms with E-state index in [1.165, 1.54) is 0 Å². The molecule has 0 aliphatic carbocycles. The molecule has 1 aliphatic heterocycles. The Balaban J connectivity index is 1.52. The Morgan fingerprint density at radius 3 is 2.85 bits per heavy atom. The van der Waals surface area contributed by atoms with Gasteiger partial charge in [0.05, 0.1) is 25.5 Å². The number of hydrogen-bond acceptors (Lipinski definition) is 5. The van der Waals surface area contributed by atoms with Crippen LogP contribution in [0.1, 0.15) is 27.9 Å². The van der Waals surface area contributed by atoms with Crippen molar-refractivity contribution in [1.29, 1.82) is 0 Å². The Hall–Kier alpha value is -2.28. The number of aryl methyl sites for hydroxylation is 1. The molecule has 27 heavy (non-hydrogen) atoms. The Labute approximate surface area is 162 Å². The van der Waals surface area contributed by atoms with Gasteiger partial charge in [0.25, 0.3) is 5.91 Å². The standard InChI is InChI=1S/C20H21ClN2O4/c1-13-15-11-14(21)4-5-17(15)27-19(13)20(24)22-12-16(18-3-2-8-26-18)23-6-9-25-10-7-23/h2-5,8,11,16H,6-7,9-10,12H2,1H3,(H,22,24)/t16-/m0/s1. The van der Waals surface area contributed by atoms with Crippen molar-refractivity contribution in [1.82, 2.24) is 10.2 Å². The summed E-state index contributed by atoms with van der Waals surface area (Å²) in [6, 6.07) is 9.08. The fourth-order valence-electron chi connectivity index (χ4n) is 3.46. The number of morpholine rings is 1. The molecule has 7 heteroatoms. The fourth-order valence-corrected chi connectivity index (χ4v) is 3.63. The van der Waals surface area contributed by atoms with Crippen molar-refractivity contribution in [2.75, 3.05) is 32.8 Å². The molecule has 6 nitrogen and oxygen atoms in total. The van der Waals surface area contributed by atoms with Crippen molar-refractivity contribution < 1.29 is 18.4 Å². The lowest BCUT2D eigenvalue weighted by atomic mass is 10.1. The summed E-state index contributed by atoms with van der Waals surface area (Å²) in [5, 5.41) is 4.46. The summed E-state index contributed by atoms with van der Waals surface area (Å²) in [5.74, 6) is 0.891. The van der Waals surface area contributed by atoms with Crippen molar-refractivity contribution in [2.45, 2.75) is 13.0 Å². The number of carbonyl (C=O) groups is 1. The van der Waals surface area contributed by atoms with Crippen LogP contribution in [0.2, 0.25) is 5.02 Å². The van der Waals surface area contributed by atoms with E-state index in [9.17, 15) is 4.79 Å². The van der Waals surface area contributed by atoms with E-state index in [0.717, 1.165) is 29.8 Å².